The van der Waals surface area contributed by atoms with Crippen LogP contribution < -0.4 is 19.7 Å². The summed E-state index contributed by atoms with van der Waals surface area (Å²) in [4.78, 5) is 19.1. The number of pyridine rings is 1. The molecular weight excluding hydrogens is 614 g/mol. The van der Waals surface area contributed by atoms with Crippen LogP contribution in [0.1, 0.15) is 38.2 Å². The van der Waals surface area contributed by atoms with Gasteiger partial charge in [-0.25, -0.2) is 13.8 Å². The molecule has 4 saturated heterocycles. The number of benzene rings is 2. The van der Waals surface area contributed by atoms with Crippen molar-refractivity contribution in [3.8, 4) is 35.5 Å². The number of halogens is 2. The van der Waals surface area contributed by atoms with Gasteiger partial charge in [-0.2, -0.15) is 9.97 Å². The zero-order valence-corrected chi connectivity index (χ0v) is 26.9. The van der Waals surface area contributed by atoms with E-state index in [2.05, 4.69) is 27.6 Å². The number of hydrogen-bond donors (Lipinski definition) is 1. The number of fused-ring (bicyclic) bond motifs is 7. The minimum Gasteiger partial charge on any atom is -0.472 e. The average molecular weight is 651 g/mol. The fourth-order valence-corrected chi connectivity index (χ4v) is 9.05. The third kappa shape index (κ3) is 4.35. The molecule has 48 heavy (non-hydrogen) atoms. The molecule has 0 radical (unpaired) electrons. The van der Waals surface area contributed by atoms with Crippen LogP contribution in [0.5, 0.6) is 11.9 Å². The smallest absolute Gasteiger partial charge is 0.319 e. The van der Waals surface area contributed by atoms with E-state index in [0.29, 0.717) is 40.7 Å². The summed E-state index contributed by atoms with van der Waals surface area (Å²) in [6, 6.07) is 8.71. The van der Waals surface area contributed by atoms with Crippen LogP contribution in [-0.4, -0.2) is 89.1 Å². The standard InChI is InChI=1S/C37H36F2N6O3/c1-5-24-26(38)11-9-21-7-6-8-25(28(21)24)31-30(39)32-29-34(45-16-22-10-12-27(40-22)33(45)20(3)48-35(29)41-31)43-36(42-32)47-18-37-13-19(2)15-44(37)17-23(14-37)46-4/h1,6-9,11,20,22-23,27,33,40H,2,10,12-18H2,3-4H3/t20-,22+,23+,27-,33+,37?/m0/s1. The van der Waals surface area contributed by atoms with Crippen molar-refractivity contribution < 1.29 is 23.0 Å². The van der Waals surface area contributed by atoms with Gasteiger partial charge in [0.25, 0.3) is 0 Å². The summed E-state index contributed by atoms with van der Waals surface area (Å²) in [5, 5.41) is 5.21. The molecule has 5 aliphatic rings. The van der Waals surface area contributed by atoms with Crippen LogP contribution in [0.15, 0.2) is 42.5 Å². The second-order valence-corrected chi connectivity index (χ2v) is 14.0. The third-order valence-corrected chi connectivity index (χ3v) is 11.1. The van der Waals surface area contributed by atoms with Gasteiger partial charge in [0, 0.05) is 49.8 Å². The Morgan fingerprint density at radius 1 is 1.15 bits per heavy atom. The summed E-state index contributed by atoms with van der Waals surface area (Å²) in [7, 11) is 1.74. The number of aromatic nitrogens is 3. The normalized spacial score (nSPS) is 29.1. The first-order valence-electron chi connectivity index (χ1n) is 16.6. The summed E-state index contributed by atoms with van der Waals surface area (Å²) in [5.41, 5.74) is 1.26. The predicted octanol–water partition coefficient (Wildman–Crippen LogP) is 4.99. The maximum atomic E-state index is 17.2. The van der Waals surface area contributed by atoms with Crippen LogP contribution >= 0.6 is 0 Å². The van der Waals surface area contributed by atoms with Gasteiger partial charge in [0.05, 0.1) is 23.2 Å². The Hall–Kier alpha value is -4.37. The molecule has 246 valence electrons. The minimum absolute atomic E-state index is 0.0249. The van der Waals surface area contributed by atoms with Crippen LogP contribution in [0.4, 0.5) is 14.6 Å². The SMILES string of the molecule is C#Cc1c(F)ccc2cccc(-c3nc4c5c(nc(OCC67CC(=C)CN6C[C@H](OC)C7)nc5c3F)N3C[C@H]5CC[C@H](N5)[C@H]3[C@H](C)O4)c12. The maximum absolute atomic E-state index is 17.2. The lowest BCUT2D eigenvalue weighted by molar-refractivity contribution is 0.101. The summed E-state index contributed by atoms with van der Waals surface area (Å²) < 4.78 is 51.0. The number of nitrogens with zero attached hydrogens (tertiary/aromatic N) is 5. The molecule has 1 unspecified atom stereocenters. The van der Waals surface area contributed by atoms with E-state index in [4.69, 9.17) is 35.6 Å². The summed E-state index contributed by atoms with van der Waals surface area (Å²) >= 11 is 0. The highest BCUT2D eigenvalue weighted by atomic mass is 19.1. The van der Waals surface area contributed by atoms with Gasteiger partial charge in [-0.1, -0.05) is 42.3 Å². The maximum Gasteiger partial charge on any atom is 0.319 e. The second kappa shape index (κ2) is 10.8. The molecule has 0 amide bonds. The molecule has 7 heterocycles. The molecule has 2 aromatic carbocycles. The number of rotatable bonds is 5. The lowest BCUT2D eigenvalue weighted by atomic mass is 9.93. The molecule has 0 saturated carbocycles. The molecule has 0 aliphatic carbocycles. The van der Waals surface area contributed by atoms with Gasteiger partial charge in [-0.05, 0) is 44.1 Å². The molecule has 5 aliphatic heterocycles. The van der Waals surface area contributed by atoms with E-state index >= 15 is 8.78 Å². The second-order valence-electron chi connectivity index (χ2n) is 14.0. The summed E-state index contributed by atoms with van der Waals surface area (Å²) in [6.45, 7) is 8.84. The first-order valence-corrected chi connectivity index (χ1v) is 16.6. The first-order chi connectivity index (χ1) is 23.3. The van der Waals surface area contributed by atoms with Crippen molar-refractivity contribution in [1.82, 2.24) is 25.2 Å². The van der Waals surface area contributed by atoms with Crippen LogP contribution in [0.2, 0.25) is 0 Å². The fraction of sp³-hybridized carbons (Fsp3) is 0.432. The number of piperazine rings is 1. The van der Waals surface area contributed by atoms with E-state index < -0.39 is 11.6 Å². The van der Waals surface area contributed by atoms with Crippen molar-refractivity contribution >= 4 is 27.5 Å². The average Bonchev–Trinajstić information content (AvgIpc) is 3.70. The van der Waals surface area contributed by atoms with Gasteiger partial charge in [0.15, 0.2) is 5.82 Å². The highest BCUT2D eigenvalue weighted by Crippen LogP contribution is 2.46. The van der Waals surface area contributed by atoms with Crippen molar-refractivity contribution in [2.24, 2.45) is 0 Å². The molecule has 9 rings (SSSR count). The fourth-order valence-electron chi connectivity index (χ4n) is 9.05. The van der Waals surface area contributed by atoms with Gasteiger partial charge in [-0.3, -0.25) is 4.90 Å². The minimum atomic E-state index is -0.677. The molecule has 0 spiro atoms. The Bertz CT molecular complexity index is 2070. The van der Waals surface area contributed by atoms with E-state index in [1.165, 1.54) is 6.07 Å². The van der Waals surface area contributed by atoms with Crippen LogP contribution in [0.25, 0.3) is 32.9 Å². The lowest BCUT2D eigenvalue weighted by Crippen LogP contribution is -2.62. The molecule has 9 nitrogen and oxygen atoms in total. The zero-order valence-electron chi connectivity index (χ0n) is 26.9. The number of hydrogen-bond acceptors (Lipinski definition) is 9. The van der Waals surface area contributed by atoms with E-state index in [1.807, 2.05) is 13.0 Å². The van der Waals surface area contributed by atoms with Crippen LogP contribution in [0, 0.1) is 24.0 Å². The Morgan fingerprint density at radius 3 is 2.85 bits per heavy atom. The van der Waals surface area contributed by atoms with E-state index in [1.54, 1.807) is 25.3 Å². The van der Waals surface area contributed by atoms with Gasteiger partial charge in [-0.15, -0.1) is 6.42 Å². The largest absolute Gasteiger partial charge is 0.472 e. The summed E-state index contributed by atoms with van der Waals surface area (Å²) in [5.74, 6) is 2.01. The highest BCUT2D eigenvalue weighted by Gasteiger charge is 2.51. The Morgan fingerprint density at radius 2 is 2.02 bits per heavy atom. The van der Waals surface area contributed by atoms with E-state index in [9.17, 15) is 0 Å². The number of terminal acetylenes is 1. The number of methoxy groups -OCH3 is 1. The molecule has 2 bridgehead atoms. The summed E-state index contributed by atoms with van der Waals surface area (Å²) in [6.07, 6.45) is 9.18. The molecule has 4 aromatic rings. The van der Waals surface area contributed by atoms with Crippen LogP contribution in [-0.2, 0) is 4.74 Å². The molecule has 2 aromatic heterocycles. The quantitative estimate of drug-likeness (QED) is 0.237. The van der Waals surface area contributed by atoms with Gasteiger partial charge >= 0.3 is 6.01 Å². The Kier molecular flexibility index (Phi) is 6.71. The zero-order chi connectivity index (χ0) is 32.9. The van der Waals surface area contributed by atoms with E-state index in [-0.39, 0.29) is 64.5 Å². The molecule has 4 fully saturated rings. The first kappa shape index (κ1) is 29.7. The topological polar surface area (TPSA) is 84.9 Å². The van der Waals surface area contributed by atoms with Crippen molar-refractivity contribution in [2.45, 2.75) is 68.5 Å². The predicted molar refractivity (Wildman–Crippen MR) is 178 cm³/mol. The van der Waals surface area contributed by atoms with E-state index in [0.717, 1.165) is 44.3 Å². The molecule has 1 N–H and O–H groups in total. The van der Waals surface area contributed by atoms with Crippen molar-refractivity contribution in [2.75, 3.05) is 38.3 Å². The monoisotopic (exact) mass is 650 g/mol. The molecular formula is C37H36F2N6O3. The Labute approximate surface area is 277 Å². The highest BCUT2D eigenvalue weighted by molar-refractivity contribution is 6.03. The molecule has 11 heteroatoms. The lowest BCUT2D eigenvalue weighted by Gasteiger charge is -2.42. The number of ether oxygens (including phenoxy) is 3. The van der Waals surface area contributed by atoms with Crippen LogP contribution in [0.3, 0.4) is 0 Å². The van der Waals surface area contributed by atoms with Crippen molar-refractivity contribution in [3.05, 3.63) is 59.7 Å². The Balaban J connectivity index is 1.24. The van der Waals surface area contributed by atoms with Crippen molar-refractivity contribution in [1.29, 1.82) is 0 Å². The number of nitrogens with one attached hydrogen (secondary N) is 1. The van der Waals surface area contributed by atoms with Crippen molar-refractivity contribution in [3.63, 3.8) is 0 Å². The third-order valence-electron chi connectivity index (χ3n) is 11.1. The van der Waals surface area contributed by atoms with Gasteiger partial charge < -0.3 is 24.4 Å². The molecule has 6 atom stereocenters. The number of anilines is 1. The van der Waals surface area contributed by atoms with Gasteiger partial charge in [0.2, 0.25) is 5.88 Å². The van der Waals surface area contributed by atoms with Gasteiger partial charge in [0.1, 0.15) is 40.9 Å².